The molecule has 0 aromatic heterocycles. The fraction of sp³-hybridized carbons (Fsp3) is 0.500. The number of rotatable bonds is 4. The molecule has 1 aromatic rings. The maximum atomic E-state index is 12.8. The lowest BCUT2D eigenvalue weighted by molar-refractivity contribution is -0.153. The molecule has 1 heterocycles. The molecule has 0 bridgehead atoms. The average molecular weight is 373 g/mol. The Hall–Kier alpha value is -2.01. The van der Waals surface area contributed by atoms with Gasteiger partial charge < -0.3 is 19.5 Å². The van der Waals surface area contributed by atoms with E-state index >= 15 is 0 Å². The predicted molar refractivity (Wildman–Crippen MR) is 72.2 cm³/mol. The third-order valence-electron chi connectivity index (χ3n) is 3.06. The Balaban J connectivity index is 2.22. The monoisotopic (exact) mass is 373 g/mol. The van der Waals surface area contributed by atoms with Gasteiger partial charge in [0.15, 0.2) is 12.7 Å². The van der Waals surface area contributed by atoms with Crippen molar-refractivity contribution in [2.24, 2.45) is 0 Å². The van der Waals surface area contributed by atoms with Crippen molar-refractivity contribution in [2.45, 2.75) is 18.5 Å². The van der Waals surface area contributed by atoms with Crippen molar-refractivity contribution >= 4 is 11.6 Å². The first-order valence-electron chi connectivity index (χ1n) is 6.97. The Bertz CT molecular complexity index is 610. The third-order valence-corrected chi connectivity index (χ3v) is 3.06. The minimum atomic E-state index is -4.74. The second-order valence-corrected chi connectivity index (χ2v) is 5.04. The summed E-state index contributed by atoms with van der Waals surface area (Å²) in [5, 5.41) is 2.09. The molecule has 0 radical (unpaired) electrons. The highest BCUT2D eigenvalue weighted by molar-refractivity contribution is 5.95. The summed E-state index contributed by atoms with van der Waals surface area (Å²) < 4.78 is 89.7. The van der Waals surface area contributed by atoms with Gasteiger partial charge in [-0.05, 0) is 18.2 Å². The molecule has 1 unspecified atom stereocenters. The smallest absolute Gasteiger partial charge is 0.422 e. The molecule has 2 rings (SSSR count). The van der Waals surface area contributed by atoms with Gasteiger partial charge >= 0.3 is 12.4 Å². The van der Waals surface area contributed by atoms with Crippen LogP contribution in [-0.2, 0) is 20.4 Å². The minimum Gasteiger partial charge on any atom is -0.482 e. The molecule has 25 heavy (non-hydrogen) atoms. The first-order chi connectivity index (χ1) is 11.6. The molecule has 0 saturated carbocycles. The zero-order valence-corrected chi connectivity index (χ0v) is 12.5. The van der Waals surface area contributed by atoms with Crippen molar-refractivity contribution in [2.75, 3.05) is 31.7 Å². The molecule has 0 aliphatic carbocycles. The summed E-state index contributed by atoms with van der Waals surface area (Å²) in [5.74, 6) is -1.40. The molecule has 1 aromatic carbocycles. The second-order valence-electron chi connectivity index (χ2n) is 5.04. The fourth-order valence-corrected chi connectivity index (χ4v) is 1.94. The van der Waals surface area contributed by atoms with E-state index in [1.807, 2.05) is 0 Å². The zero-order valence-electron chi connectivity index (χ0n) is 12.5. The quantitative estimate of drug-likeness (QED) is 0.825. The van der Waals surface area contributed by atoms with Crippen LogP contribution in [0.3, 0.4) is 0 Å². The van der Waals surface area contributed by atoms with Crippen LogP contribution in [-0.4, -0.2) is 44.6 Å². The molecule has 5 nitrogen and oxygen atoms in total. The topological polar surface area (TPSA) is 56.8 Å². The Labute approximate surface area is 137 Å². The van der Waals surface area contributed by atoms with Crippen molar-refractivity contribution in [1.82, 2.24) is 0 Å². The molecular weight excluding hydrogens is 360 g/mol. The molecule has 1 amide bonds. The SMILES string of the molecule is O=C(Nc1cc(C(F)(F)F)ccc1OCC(F)(F)F)C1COCCO1. The molecule has 0 spiro atoms. The number of anilines is 1. The largest absolute Gasteiger partial charge is 0.482 e. The molecule has 11 heteroatoms. The normalized spacial score (nSPS) is 18.7. The molecular formula is C14H13F6NO4. The van der Waals surface area contributed by atoms with Crippen LogP contribution < -0.4 is 10.1 Å². The lowest BCUT2D eigenvalue weighted by Gasteiger charge is -2.23. The molecule has 1 N–H and O–H groups in total. The van der Waals surface area contributed by atoms with E-state index in [1.54, 1.807) is 0 Å². The number of carbonyl (C=O) groups is 1. The summed E-state index contributed by atoms with van der Waals surface area (Å²) in [6.07, 6.45) is -10.5. The summed E-state index contributed by atoms with van der Waals surface area (Å²) in [5.41, 5.74) is -1.69. The Morgan fingerprint density at radius 2 is 1.92 bits per heavy atom. The van der Waals surface area contributed by atoms with Crippen molar-refractivity contribution < 1.29 is 45.3 Å². The summed E-state index contributed by atoms with van der Waals surface area (Å²) in [6, 6.07) is 1.76. The number of hydrogen-bond donors (Lipinski definition) is 1. The van der Waals surface area contributed by atoms with E-state index in [2.05, 4.69) is 10.1 Å². The van der Waals surface area contributed by atoms with Crippen LogP contribution in [0.4, 0.5) is 32.0 Å². The number of ether oxygens (including phenoxy) is 3. The second kappa shape index (κ2) is 7.48. The highest BCUT2D eigenvalue weighted by atomic mass is 19.4. The van der Waals surface area contributed by atoms with Gasteiger partial charge in [-0.1, -0.05) is 0 Å². The number of nitrogens with one attached hydrogen (secondary N) is 1. The van der Waals surface area contributed by atoms with Crippen molar-refractivity contribution in [3.63, 3.8) is 0 Å². The molecule has 140 valence electrons. The first kappa shape index (κ1) is 19.3. The molecule has 1 fully saturated rings. The van der Waals surface area contributed by atoms with Crippen molar-refractivity contribution in [3.8, 4) is 5.75 Å². The van der Waals surface area contributed by atoms with Crippen LogP contribution in [0.5, 0.6) is 5.75 Å². The van der Waals surface area contributed by atoms with Gasteiger partial charge in [0, 0.05) is 0 Å². The van der Waals surface area contributed by atoms with Gasteiger partial charge in [0.25, 0.3) is 5.91 Å². The van der Waals surface area contributed by atoms with Gasteiger partial charge in [0.1, 0.15) is 5.75 Å². The van der Waals surface area contributed by atoms with E-state index in [1.165, 1.54) is 0 Å². The minimum absolute atomic E-state index is 0.109. The van der Waals surface area contributed by atoms with Crippen LogP contribution in [0.15, 0.2) is 18.2 Å². The summed E-state index contributed by atoms with van der Waals surface area (Å²) in [7, 11) is 0. The van der Waals surface area contributed by atoms with Gasteiger partial charge in [-0.15, -0.1) is 0 Å². The van der Waals surface area contributed by atoms with Crippen LogP contribution in [0.2, 0.25) is 0 Å². The van der Waals surface area contributed by atoms with E-state index in [-0.39, 0.29) is 19.8 Å². The van der Waals surface area contributed by atoms with Gasteiger partial charge in [-0.2, -0.15) is 26.3 Å². The Kier molecular flexibility index (Phi) is 5.78. The molecule has 1 saturated heterocycles. The molecule has 1 atom stereocenters. The number of benzene rings is 1. The number of amides is 1. The average Bonchev–Trinajstić information content (AvgIpc) is 2.52. The van der Waals surface area contributed by atoms with E-state index in [4.69, 9.17) is 9.47 Å². The van der Waals surface area contributed by atoms with Crippen LogP contribution in [0.25, 0.3) is 0 Å². The standard InChI is InChI=1S/C14H13F6NO4/c15-13(16,17)7-25-10-2-1-8(14(18,19)20)5-9(10)21-12(22)11-6-23-3-4-24-11/h1-2,5,11H,3-4,6-7H2,(H,21,22). The van der Waals surface area contributed by atoms with E-state index < -0.39 is 48.0 Å². The first-order valence-corrected chi connectivity index (χ1v) is 6.97. The summed E-state index contributed by atoms with van der Waals surface area (Å²) in [6.45, 7) is -1.47. The van der Waals surface area contributed by atoms with E-state index in [9.17, 15) is 31.1 Å². The Morgan fingerprint density at radius 3 is 2.48 bits per heavy atom. The number of hydrogen-bond acceptors (Lipinski definition) is 4. The van der Waals surface area contributed by atoms with Gasteiger partial charge in [0.05, 0.1) is 31.1 Å². The zero-order chi connectivity index (χ0) is 18.7. The van der Waals surface area contributed by atoms with E-state index in [0.29, 0.717) is 18.2 Å². The van der Waals surface area contributed by atoms with E-state index in [0.717, 1.165) is 0 Å². The van der Waals surface area contributed by atoms with Crippen LogP contribution in [0.1, 0.15) is 5.56 Å². The fourth-order valence-electron chi connectivity index (χ4n) is 1.94. The van der Waals surface area contributed by atoms with Crippen molar-refractivity contribution in [3.05, 3.63) is 23.8 Å². The summed E-state index contributed by atoms with van der Waals surface area (Å²) >= 11 is 0. The Morgan fingerprint density at radius 1 is 1.20 bits per heavy atom. The molecule has 1 aliphatic rings. The summed E-state index contributed by atoms with van der Waals surface area (Å²) in [4.78, 5) is 12.0. The maximum Gasteiger partial charge on any atom is 0.422 e. The lowest BCUT2D eigenvalue weighted by atomic mass is 10.1. The van der Waals surface area contributed by atoms with Gasteiger partial charge in [-0.25, -0.2) is 0 Å². The molecule has 1 aliphatic heterocycles. The van der Waals surface area contributed by atoms with Crippen LogP contribution >= 0.6 is 0 Å². The van der Waals surface area contributed by atoms with Crippen LogP contribution in [0, 0.1) is 0 Å². The van der Waals surface area contributed by atoms with Crippen molar-refractivity contribution in [1.29, 1.82) is 0 Å². The lowest BCUT2D eigenvalue weighted by Crippen LogP contribution is -2.39. The predicted octanol–water partition coefficient (Wildman–Crippen LogP) is 3.00. The highest BCUT2D eigenvalue weighted by Gasteiger charge is 2.33. The van der Waals surface area contributed by atoms with Gasteiger partial charge in [0.2, 0.25) is 0 Å². The number of alkyl halides is 6. The third kappa shape index (κ3) is 5.78. The number of carbonyl (C=O) groups excluding carboxylic acids is 1. The highest BCUT2D eigenvalue weighted by Crippen LogP contribution is 2.35. The van der Waals surface area contributed by atoms with Gasteiger partial charge in [-0.3, -0.25) is 4.79 Å². The maximum absolute atomic E-state index is 12.8. The number of halogens is 6.